The predicted octanol–water partition coefficient (Wildman–Crippen LogP) is 4.00. The van der Waals surface area contributed by atoms with Crippen LogP contribution in [0.2, 0.25) is 0 Å². The molecule has 1 aromatic carbocycles. The highest BCUT2D eigenvalue weighted by molar-refractivity contribution is 7.94. The number of hydrogen-bond donors (Lipinski definition) is 3. The first kappa shape index (κ1) is 26.9. The Balaban J connectivity index is 2.64. The van der Waals surface area contributed by atoms with Crippen LogP contribution >= 0.6 is 11.3 Å². The van der Waals surface area contributed by atoms with E-state index in [9.17, 15) is 24.5 Å². The molecule has 33 heavy (non-hydrogen) atoms. The summed E-state index contributed by atoms with van der Waals surface area (Å²) in [6, 6.07) is 4.10. The molecule has 1 atom stereocenters. The molecule has 10 heteroatoms. The van der Waals surface area contributed by atoms with Crippen LogP contribution in [0, 0.1) is 18.4 Å². The third-order valence-corrected chi connectivity index (χ3v) is 8.74. The topological polar surface area (TPSA) is 136 Å². The monoisotopic (exact) mass is 492 g/mol. The van der Waals surface area contributed by atoms with E-state index in [4.69, 9.17) is 0 Å². The van der Waals surface area contributed by atoms with Gasteiger partial charge in [0, 0.05) is 0 Å². The van der Waals surface area contributed by atoms with Crippen LogP contribution in [0.15, 0.2) is 20.7 Å². The van der Waals surface area contributed by atoms with Gasteiger partial charge in [-0.05, 0) is 49.3 Å². The van der Waals surface area contributed by atoms with E-state index in [1.54, 1.807) is 6.19 Å². The lowest BCUT2D eigenvalue weighted by Crippen LogP contribution is -2.21. The van der Waals surface area contributed by atoms with E-state index in [-0.39, 0.29) is 33.2 Å². The fourth-order valence-corrected chi connectivity index (χ4v) is 6.38. The molecule has 0 saturated carbocycles. The standard InChI is InChI=1S/C23H32N4O4S2/c1-13(2)16-8-15(5)9-17(14(3)4)18(16)10-20(29)27-33(31,25-12-24)21-19(11-28)26-22(32-21)23(6,7)30/h8-9,13-14,28,30H,10-11H2,1-7H3,(H,25,27,29,31). The van der Waals surface area contributed by atoms with Crippen molar-refractivity contribution in [3.8, 4) is 6.19 Å². The number of carbonyl (C=O) groups excluding carboxylic acids is 1. The highest BCUT2D eigenvalue weighted by Gasteiger charge is 2.29. The van der Waals surface area contributed by atoms with Crippen LogP contribution in [0.5, 0.6) is 0 Å². The van der Waals surface area contributed by atoms with Crippen molar-refractivity contribution in [3.05, 3.63) is 45.1 Å². The molecule has 2 rings (SSSR count). The first-order valence-electron chi connectivity index (χ1n) is 10.7. The zero-order valence-corrected chi connectivity index (χ0v) is 21.7. The van der Waals surface area contributed by atoms with Gasteiger partial charge in [0.2, 0.25) is 0 Å². The Morgan fingerprint density at radius 2 is 1.82 bits per heavy atom. The summed E-state index contributed by atoms with van der Waals surface area (Å²) in [7, 11) is -3.74. The summed E-state index contributed by atoms with van der Waals surface area (Å²) in [4.78, 5) is 17.2. The van der Waals surface area contributed by atoms with Gasteiger partial charge in [-0.25, -0.2) is 13.9 Å². The number of nitrogens with one attached hydrogen (secondary N) is 1. The maximum atomic E-state index is 13.7. The molecule has 3 N–H and O–H groups in total. The van der Waals surface area contributed by atoms with Crippen molar-refractivity contribution in [1.82, 2.24) is 9.71 Å². The lowest BCUT2D eigenvalue weighted by molar-refractivity contribution is -0.117. The molecule has 0 fully saturated rings. The molecule has 0 radical (unpaired) electrons. The molecule has 0 aliphatic heterocycles. The Labute approximate surface area is 200 Å². The number of amides is 1. The molecule has 0 aliphatic rings. The van der Waals surface area contributed by atoms with Crippen LogP contribution in [0.4, 0.5) is 0 Å². The summed E-state index contributed by atoms with van der Waals surface area (Å²) >= 11 is 0.848. The van der Waals surface area contributed by atoms with E-state index < -0.39 is 28.0 Å². The van der Waals surface area contributed by atoms with Gasteiger partial charge in [0.15, 0.2) is 16.1 Å². The van der Waals surface area contributed by atoms with Crippen molar-refractivity contribution in [3.63, 3.8) is 0 Å². The number of benzene rings is 1. The van der Waals surface area contributed by atoms with Gasteiger partial charge in [0.05, 0.1) is 18.7 Å². The second kappa shape index (κ2) is 10.3. The van der Waals surface area contributed by atoms with E-state index in [1.165, 1.54) is 13.8 Å². The number of nitrogens with zero attached hydrogens (tertiary/aromatic N) is 3. The van der Waals surface area contributed by atoms with Crippen molar-refractivity contribution in [2.45, 2.75) is 83.1 Å². The van der Waals surface area contributed by atoms with E-state index in [2.05, 4.69) is 14.1 Å². The van der Waals surface area contributed by atoms with Crippen molar-refractivity contribution in [1.29, 1.82) is 5.26 Å². The Hall–Kier alpha value is -2.32. The molecule has 0 bridgehead atoms. The maximum absolute atomic E-state index is 13.7. The van der Waals surface area contributed by atoms with Crippen LogP contribution in [-0.4, -0.2) is 25.3 Å². The Morgan fingerprint density at radius 3 is 2.24 bits per heavy atom. The molecule has 1 heterocycles. The highest BCUT2D eigenvalue weighted by Crippen LogP contribution is 2.33. The van der Waals surface area contributed by atoms with E-state index in [0.717, 1.165) is 33.6 Å². The molecule has 8 nitrogen and oxygen atoms in total. The maximum Gasteiger partial charge on any atom is 0.259 e. The van der Waals surface area contributed by atoms with Gasteiger partial charge in [-0.1, -0.05) is 45.4 Å². The van der Waals surface area contributed by atoms with Crippen LogP contribution in [0.25, 0.3) is 0 Å². The molecule has 180 valence electrons. The van der Waals surface area contributed by atoms with E-state index in [0.29, 0.717) is 0 Å². The summed E-state index contributed by atoms with van der Waals surface area (Å²) in [6.07, 6.45) is 1.53. The Kier molecular flexibility index (Phi) is 8.41. The van der Waals surface area contributed by atoms with Crippen molar-refractivity contribution in [2.75, 3.05) is 0 Å². The van der Waals surface area contributed by atoms with Crippen molar-refractivity contribution >= 4 is 27.2 Å². The lowest BCUT2D eigenvalue weighted by atomic mass is 9.85. The summed E-state index contributed by atoms with van der Waals surface area (Å²) in [6.45, 7) is 12.6. The van der Waals surface area contributed by atoms with Crippen molar-refractivity contribution in [2.24, 2.45) is 4.36 Å². The normalized spacial score (nSPS) is 13.6. The van der Waals surface area contributed by atoms with Gasteiger partial charge in [0.25, 0.3) is 5.91 Å². The van der Waals surface area contributed by atoms with Gasteiger partial charge in [-0.3, -0.25) is 4.79 Å². The Morgan fingerprint density at radius 1 is 1.27 bits per heavy atom. The number of aromatic nitrogens is 1. The summed E-state index contributed by atoms with van der Waals surface area (Å²) in [5.41, 5.74) is 2.65. The molecule has 1 aromatic heterocycles. The number of thiazole rings is 1. The average molecular weight is 493 g/mol. The molecule has 2 aromatic rings. The minimum absolute atomic E-state index is 0.00231. The third kappa shape index (κ3) is 6.18. The average Bonchev–Trinajstić information content (AvgIpc) is 3.14. The highest BCUT2D eigenvalue weighted by atomic mass is 32.2. The van der Waals surface area contributed by atoms with Crippen LogP contribution in [0.1, 0.15) is 86.3 Å². The smallest absolute Gasteiger partial charge is 0.259 e. The minimum atomic E-state index is -3.74. The van der Waals surface area contributed by atoms with Gasteiger partial charge >= 0.3 is 0 Å². The minimum Gasteiger partial charge on any atom is -0.390 e. The molecule has 0 spiro atoms. The second-order valence-corrected chi connectivity index (χ2v) is 12.2. The summed E-state index contributed by atoms with van der Waals surface area (Å²) in [5.74, 6) is -0.315. The second-order valence-electron chi connectivity index (χ2n) is 9.10. The zero-order valence-electron chi connectivity index (χ0n) is 20.1. The van der Waals surface area contributed by atoms with Crippen molar-refractivity contribution < 1.29 is 19.2 Å². The molecular formula is C23H32N4O4S2. The fourth-order valence-electron chi connectivity index (χ4n) is 3.52. The lowest BCUT2D eigenvalue weighted by Gasteiger charge is -2.20. The predicted molar refractivity (Wildman–Crippen MR) is 129 cm³/mol. The number of hydrogen-bond acceptors (Lipinski definition) is 7. The fraction of sp³-hybridized carbons (Fsp3) is 0.522. The number of nitriles is 1. The number of aliphatic hydroxyl groups excluding tert-OH is 1. The van der Waals surface area contributed by atoms with Gasteiger partial charge in [-0.15, -0.1) is 15.7 Å². The van der Waals surface area contributed by atoms with Crippen LogP contribution in [-0.2, 0) is 33.3 Å². The number of aliphatic hydroxyl groups is 2. The van der Waals surface area contributed by atoms with Gasteiger partial charge in [0.1, 0.15) is 14.8 Å². The van der Waals surface area contributed by atoms with E-state index in [1.807, 2.05) is 46.8 Å². The third-order valence-electron chi connectivity index (χ3n) is 5.04. The number of rotatable bonds is 8. The number of carbonyl (C=O) groups is 1. The van der Waals surface area contributed by atoms with Crippen LogP contribution in [0.3, 0.4) is 0 Å². The molecule has 1 amide bonds. The first-order chi connectivity index (χ1) is 15.2. The van der Waals surface area contributed by atoms with Crippen LogP contribution < -0.4 is 4.72 Å². The summed E-state index contributed by atoms with van der Waals surface area (Å²) in [5, 5.41) is 29.4. The Bertz CT molecular complexity index is 1170. The van der Waals surface area contributed by atoms with E-state index >= 15 is 0 Å². The molecule has 0 saturated heterocycles. The number of aryl methyl sites for hydroxylation is 1. The largest absolute Gasteiger partial charge is 0.390 e. The zero-order chi connectivity index (χ0) is 25.1. The van der Waals surface area contributed by atoms with Gasteiger partial charge in [-0.2, -0.15) is 5.26 Å². The first-order valence-corrected chi connectivity index (χ1v) is 13.0. The summed E-state index contributed by atoms with van der Waals surface area (Å²) < 4.78 is 19.7. The SMILES string of the molecule is Cc1cc(C(C)C)c(CC(=O)N=S(=O)(NC#N)c2sc(C(C)(C)O)nc2CO)c(C(C)C)c1. The molecule has 0 aliphatic carbocycles. The molecular weight excluding hydrogens is 460 g/mol. The van der Waals surface area contributed by atoms with Gasteiger partial charge < -0.3 is 10.2 Å². The quantitative estimate of drug-likeness (QED) is 0.376. The molecule has 1 unspecified atom stereocenters.